The molecule has 6 atom stereocenters. The van der Waals surface area contributed by atoms with E-state index in [0.717, 1.165) is 27.6 Å². The number of fused-ring (bicyclic) bond motifs is 3. The van der Waals surface area contributed by atoms with Gasteiger partial charge in [0, 0.05) is 28.0 Å². The molecule has 0 spiro atoms. The van der Waals surface area contributed by atoms with E-state index in [2.05, 4.69) is 0 Å². The average molecular weight is 383 g/mol. The van der Waals surface area contributed by atoms with Crippen molar-refractivity contribution in [3.05, 3.63) is 0 Å². The molecule has 4 fully saturated rings. The van der Waals surface area contributed by atoms with Gasteiger partial charge in [-0.15, -0.1) is 34.8 Å². The maximum atomic E-state index is 6.56. The number of hydrogen-bond donors (Lipinski definition) is 0. The molecule has 4 aliphatic rings. The molecule has 0 aromatic carbocycles. The van der Waals surface area contributed by atoms with Gasteiger partial charge in [0.1, 0.15) is 15.7 Å². The topological polar surface area (TPSA) is 0 Å². The van der Waals surface area contributed by atoms with Crippen LogP contribution >= 0.6 is 34.8 Å². The fraction of sp³-hybridized carbons (Fsp3) is 1.00. The lowest BCUT2D eigenvalue weighted by Crippen LogP contribution is -2.41. The monoisotopic (exact) mass is 381 g/mol. The summed E-state index contributed by atoms with van der Waals surface area (Å²) in [5.41, 5.74) is 0. The third kappa shape index (κ3) is 3.06. The van der Waals surface area contributed by atoms with Crippen LogP contribution < -0.4 is 0 Å². The van der Waals surface area contributed by atoms with Crippen LogP contribution in [0.5, 0.6) is 0 Å². The first-order valence-corrected chi connectivity index (χ1v) is 12.0. The molecule has 4 rings (SSSR count). The lowest BCUT2D eigenvalue weighted by molar-refractivity contribution is 0.236. The Morgan fingerprint density at radius 2 is 1.00 bits per heavy atom. The molecule has 0 aromatic heterocycles. The van der Waals surface area contributed by atoms with Crippen LogP contribution in [-0.4, -0.2) is 31.9 Å². The highest BCUT2D eigenvalue weighted by molar-refractivity contribution is 7.99. The second kappa shape index (κ2) is 6.85. The molecule has 0 nitrogen and oxygen atoms in total. The molecule has 1 saturated heterocycles. The van der Waals surface area contributed by atoms with Crippen molar-refractivity contribution in [3.63, 3.8) is 0 Å². The number of halogens is 3. The van der Waals surface area contributed by atoms with Crippen LogP contribution in [0.4, 0.5) is 0 Å². The smallest absolute Gasteiger partial charge is 0.122 e. The summed E-state index contributed by atoms with van der Waals surface area (Å²) < 4.78 is 0. The van der Waals surface area contributed by atoms with E-state index in [4.69, 9.17) is 34.8 Å². The number of alkyl halides is 3. The molecule has 4 heteroatoms. The average Bonchev–Trinajstić information content (AvgIpc) is 2.81. The molecule has 0 bridgehead atoms. The largest absolute Gasteiger partial charge is 0.123 e. The highest BCUT2D eigenvalue weighted by Crippen LogP contribution is 2.55. The Bertz CT molecular complexity index is 370. The molecule has 126 valence electrons. The van der Waals surface area contributed by atoms with Crippen molar-refractivity contribution in [2.75, 3.05) is 0 Å². The minimum absolute atomic E-state index is 0.430. The van der Waals surface area contributed by atoms with Crippen molar-refractivity contribution in [3.8, 4) is 0 Å². The molecular formula is C18H28Cl3S+. The van der Waals surface area contributed by atoms with Crippen molar-refractivity contribution in [2.45, 2.75) is 96.1 Å². The summed E-state index contributed by atoms with van der Waals surface area (Å²) in [6, 6.07) is 0. The van der Waals surface area contributed by atoms with Crippen LogP contribution in [0.25, 0.3) is 0 Å². The third-order valence-corrected chi connectivity index (χ3v) is 11.8. The van der Waals surface area contributed by atoms with Crippen molar-refractivity contribution < 1.29 is 0 Å². The first-order chi connectivity index (χ1) is 10.6. The first-order valence-electron chi connectivity index (χ1n) is 9.26. The van der Waals surface area contributed by atoms with Crippen LogP contribution in [0.1, 0.15) is 64.2 Å². The molecule has 0 radical (unpaired) electrons. The zero-order valence-corrected chi connectivity index (χ0v) is 16.3. The maximum Gasteiger partial charge on any atom is 0.122 e. The Kier molecular flexibility index (Phi) is 5.19. The number of rotatable bonds is 1. The van der Waals surface area contributed by atoms with E-state index in [1.54, 1.807) is 0 Å². The normalized spacial score (nSPS) is 55.5. The summed E-state index contributed by atoms with van der Waals surface area (Å²) in [5.74, 6) is 1.78. The van der Waals surface area contributed by atoms with Gasteiger partial charge in [-0.3, -0.25) is 0 Å². The van der Waals surface area contributed by atoms with Gasteiger partial charge in [-0.1, -0.05) is 0 Å². The Balaban J connectivity index is 1.56. The molecule has 3 saturated carbocycles. The van der Waals surface area contributed by atoms with E-state index in [1.807, 2.05) is 0 Å². The highest BCUT2D eigenvalue weighted by atomic mass is 35.5. The van der Waals surface area contributed by atoms with E-state index < -0.39 is 0 Å². The SMILES string of the molecule is ClC1CCC([S+]2C3CCC(Cl)CC3C3CC(Cl)CCC32)CC1. The molecule has 22 heavy (non-hydrogen) atoms. The fourth-order valence-corrected chi connectivity index (χ4v) is 11.3. The summed E-state index contributed by atoms with van der Waals surface area (Å²) in [6.45, 7) is 0. The highest BCUT2D eigenvalue weighted by Gasteiger charge is 2.62. The second-order valence-corrected chi connectivity index (χ2v) is 12.6. The van der Waals surface area contributed by atoms with Crippen LogP contribution in [0, 0.1) is 11.8 Å². The minimum Gasteiger partial charge on any atom is -0.123 e. The van der Waals surface area contributed by atoms with Gasteiger partial charge >= 0.3 is 0 Å². The van der Waals surface area contributed by atoms with Crippen molar-refractivity contribution in [1.82, 2.24) is 0 Å². The zero-order chi connectivity index (χ0) is 15.3. The van der Waals surface area contributed by atoms with Crippen molar-refractivity contribution in [2.24, 2.45) is 11.8 Å². The summed E-state index contributed by atoms with van der Waals surface area (Å²) >= 11 is 19.5. The predicted octanol–water partition coefficient (Wildman–Crippen LogP) is 5.72. The van der Waals surface area contributed by atoms with E-state index in [0.29, 0.717) is 27.0 Å². The van der Waals surface area contributed by atoms with Gasteiger partial charge in [0.05, 0.1) is 0 Å². The van der Waals surface area contributed by atoms with Crippen LogP contribution in [0.15, 0.2) is 0 Å². The van der Waals surface area contributed by atoms with E-state index >= 15 is 0 Å². The zero-order valence-electron chi connectivity index (χ0n) is 13.2. The molecule has 0 N–H and O–H groups in total. The molecule has 1 aliphatic heterocycles. The summed E-state index contributed by atoms with van der Waals surface area (Å²) in [7, 11) is 0.632. The van der Waals surface area contributed by atoms with Crippen LogP contribution in [0.3, 0.4) is 0 Å². The van der Waals surface area contributed by atoms with E-state index in [-0.39, 0.29) is 0 Å². The lowest BCUT2D eigenvalue weighted by atomic mass is 9.73. The van der Waals surface area contributed by atoms with Gasteiger partial charge in [0.25, 0.3) is 0 Å². The van der Waals surface area contributed by atoms with E-state index in [1.165, 1.54) is 64.2 Å². The van der Waals surface area contributed by atoms with Crippen LogP contribution in [-0.2, 0) is 10.9 Å². The maximum absolute atomic E-state index is 6.56. The summed E-state index contributed by atoms with van der Waals surface area (Å²) in [5, 5.41) is 4.23. The van der Waals surface area contributed by atoms with E-state index in [9.17, 15) is 0 Å². The van der Waals surface area contributed by atoms with Gasteiger partial charge in [0.15, 0.2) is 0 Å². The lowest BCUT2D eigenvalue weighted by Gasteiger charge is -2.32. The minimum atomic E-state index is 0.430. The summed E-state index contributed by atoms with van der Waals surface area (Å²) in [6.07, 6.45) is 13.1. The Hall–Kier alpha value is 1.22. The Morgan fingerprint density at radius 3 is 1.50 bits per heavy atom. The molecule has 0 amide bonds. The summed E-state index contributed by atoms with van der Waals surface area (Å²) in [4.78, 5) is 0. The fourth-order valence-electron chi connectivity index (χ4n) is 5.84. The molecular weight excluding hydrogens is 355 g/mol. The second-order valence-electron chi connectivity index (χ2n) is 8.01. The third-order valence-electron chi connectivity index (χ3n) is 6.78. The van der Waals surface area contributed by atoms with Crippen molar-refractivity contribution >= 4 is 45.7 Å². The van der Waals surface area contributed by atoms with Crippen LogP contribution in [0.2, 0.25) is 0 Å². The quantitative estimate of drug-likeness (QED) is 0.402. The Morgan fingerprint density at radius 1 is 0.545 bits per heavy atom. The van der Waals surface area contributed by atoms with Crippen molar-refractivity contribution in [1.29, 1.82) is 0 Å². The molecule has 6 unspecified atom stereocenters. The first kappa shape index (κ1) is 16.7. The van der Waals surface area contributed by atoms with Gasteiger partial charge in [-0.2, -0.15) is 0 Å². The predicted molar refractivity (Wildman–Crippen MR) is 101 cm³/mol. The van der Waals surface area contributed by atoms with Gasteiger partial charge in [0.2, 0.25) is 0 Å². The van der Waals surface area contributed by atoms with Gasteiger partial charge in [-0.05, 0) is 75.1 Å². The Labute approximate surface area is 153 Å². The standard InChI is InChI=1S/C18H28Cl3S/c19-11-1-5-14(6-2-11)22-17-7-3-12(20)9-15(17)16-10-13(21)4-8-18(16)22/h11-18H,1-10H2/q+1. The number of hydrogen-bond acceptors (Lipinski definition) is 0. The molecule has 1 heterocycles. The molecule has 0 aromatic rings. The van der Waals surface area contributed by atoms with Gasteiger partial charge in [-0.25, -0.2) is 0 Å². The van der Waals surface area contributed by atoms with Gasteiger partial charge < -0.3 is 0 Å². The molecule has 3 aliphatic carbocycles.